The molecule has 0 radical (unpaired) electrons. The van der Waals surface area contributed by atoms with E-state index >= 15 is 0 Å². The van der Waals surface area contributed by atoms with Gasteiger partial charge in [0.05, 0.1) is 12.4 Å². The Morgan fingerprint density at radius 3 is 2.16 bits per heavy atom. The minimum absolute atomic E-state index is 0.0118. The van der Waals surface area contributed by atoms with Gasteiger partial charge in [0.1, 0.15) is 11.4 Å². The molecular weight excluding hydrogens is 322 g/mol. The second-order valence-electron chi connectivity index (χ2n) is 6.71. The summed E-state index contributed by atoms with van der Waals surface area (Å²) in [5, 5.41) is 2.92. The van der Waals surface area contributed by atoms with Gasteiger partial charge in [-0.25, -0.2) is 9.97 Å². The van der Waals surface area contributed by atoms with E-state index in [-0.39, 0.29) is 35.2 Å². The van der Waals surface area contributed by atoms with Crippen LogP contribution in [-0.2, 0) is 4.79 Å². The molecular formula is C17H23N5O3. The summed E-state index contributed by atoms with van der Waals surface area (Å²) in [7, 11) is 0. The van der Waals surface area contributed by atoms with Crippen molar-refractivity contribution >= 4 is 17.7 Å². The number of primary amides is 1. The number of hydrogen-bond donors (Lipinski definition) is 2. The van der Waals surface area contributed by atoms with Crippen molar-refractivity contribution in [2.45, 2.75) is 44.6 Å². The first-order valence-corrected chi connectivity index (χ1v) is 8.76. The number of amides is 3. The van der Waals surface area contributed by atoms with E-state index in [0.717, 1.165) is 38.5 Å². The van der Waals surface area contributed by atoms with Crippen molar-refractivity contribution in [1.82, 2.24) is 20.2 Å². The maximum atomic E-state index is 12.4. The van der Waals surface area contributed by atoms with E-state index in [1.54, 1.807) is 0 Å². The molecule has 0 bridgehead atoms. The Balaban J connectivity index is 1.49. The maximum absolute atomic E-state index is 12.4. The van der Waals surface area contributed by atoms with E-state index in [1.807, 2.05) is 4.90 Å². The van der Waals surface area contributed by atoms with Gasteiger partial charge in [-0.05, 0) is 25.7 Å². The Kier molecular flexibility index (Phi) is 5.25. The molecule has 25 heavy (non-hydrogen) atoms. The van der Waals surface area contributed by atoms with Crippen molar-refractivity contribution in [1.29, 1.82) is 0 Å². The number of carbonyl (C=O) groups is 3. The molecule has 1 aromatic heterocycles. The molecule has 2 aliphatic rings. The summed E-state index contributed by atoms with van der Waals surface area (Å²) in [6.07, 6.45) is 8.23. The Labute approximate surface area is 146 Å². The van der Waals surface area contributed by atoms with Crippen LogP contribution in [0.15, 0.2) is 12.4 Å². The molecule has 1 aliphatic heterocycles. The van der Waals surface area contributed by atoms with Crippen molar-refractivity contribution in [3.8, 4) is 0 Å². The standard InChI is InChI=1S/C17H23N5O3/c18-15(23)13-9-20-14(10-19-13)16(24)21-12-5-7-22(8-6-12)17(25)11-3-1-2-4-11/h9-12H,1-8H2,(H2,18,23)(H,21,24). The summed E-state index contributed by atoms with van der Waals surface area (Å²) < 4.78 is 0. The molecule has 1 aliphatic carbocycles. The van der Waals surface area contributed by atoms with Crippen LogP contribution in [0.25, 0.3) is 0 Å². The van der Waals surface area contributed by atoms with Crippen LogP contribution in [0, 0.1) is 5.92 Å². The number of aromatic nitrogens is 2. The zero-order chi connectivity index (χ0) is 17.8. The fourth-order valence-corrected chi connectivity index (χ4v) is 3.51. The summed E-state index contributed by atoms with van der Waals surface area (Å²) in [5.74, 6) is -0.539. The number of rotatable bonds is 4. The van der Waals surface area contributed by atoms with Crippen LogP contribution >= 0.6 is 0 Å². The molecule has 134 valence electrons. The summed E-state index contributed by atoms with van der Waals surface area (Å²) >= 11 is 0. The van der Waals surface area contributed by atoms with Gasteiger partial charge in [-0.15, -0.1) is 0 Å². The van der Waals surface area contributed by atoms with Crippen molar-refractivity contribution in [2.24, 2.45) is 11.7 Å². The third-order valence-corrected chi connectivity index (χ3v) is 4.98. The molecule has 8 nitrogen and oxygen atoms in total. The van der Waals surface area contributed by atoms with Crippen molar-refractivity contribution < 1.29 is 14.4 Å². The lowest BCUT2D eigenvalue weighted by Crippen LogP contribution is -2.48. The van der Waals surface area contributed by atoms with Gasteiger partial charge in [0.25, 0.3) is 11.8 Å². The smallest absolute Gasteiger partial charge is 0.271 e. The molecule has 3 rings (SSSR count). The van der Waals surface area contributed by atoms with Crippen LogP contribution in [0.3, 0.4) is 0 Å². The minimum atomic E-state index is -0.682. The normalized spacial score (nSPS) is 19.0. The van der Waals surface area contributed by atoms with Crippen LogP contribution in [0.5, 0.6) is 0 Å². The first-order valence-electron chi connectivity index (χ1n) is 8.76. The van der Waals surface area contributed by atoms with E-state index in [4.69, 9.17) is 5.73 Å². The molecule has 0 spiro atoms. The second kappa shape index (κ2) is 7.58. The molecule has 3 amide bonds. The number of nitrogens with two attached hydrogens (primary N) is 1. The highest BCUT2D eigenvalue weighted by atomic mass is 16.2. The van der Waals surface area contributed by atoms with Gasteiger partial charge in [-0.3, -0.25) is 14.4 Å². The minimum Gasteiger partial charge on any atom is -0.364 e. The summed E-state index contributed by atoms with van der Waals surface area (Å²) in [6, 6.07) is 0.0118. The molecule has 0 aromatic carbocycles. The summed E-state index contributed by atoms with van der Waals surface area (Å²) in [5.41, 5.74) is 5.27. The third-order valence-electron chi connectivity index (χ3n) is 4.98. The highest BCUT2D eigenvalue weighted by molar-refractivity contribution is 5.94. The highest BCUT2D eigenvalue weighted by Crippen LogP contribution is 2.27. The number of nitrogens with one attached hydrogen (secondary N) is 1. The number of likely N-dealkylation sites (tertiary alicyclic amines) is 1. The predicted octanol–water partition coefficient (Wildman–Crippen LogP) is 0.486. The first-order chi connectivity index (χ1) is 12.0. The largest absolute Gasteiger partial charge is 0.364 e. The van der Waals surface area contributed by atoms with E-state index in [2.05, 4.69) is 15.3 Å². The fourth-order valence-electron chi connectivity index (χ4n) is 3.51. The van der Waals surface area contributed by atoms with E-state index in [9.17, 15) is 14.4 Å². The lowest BCUT2D eigenvalue weighted by atomic mass is 10.0. The van der Waals surface area contributed by atoms with Gasteiger partial charge < -0.3 is 16.0 Å². The molecule has 2 fully saturated rings. The quantitative estimate of drug-likeness (QED) is 0.823. The van der Waals surface area contributed by atoms with Crippen LogP contribution in [0.1, 0.15) is 59.5 Å². The van der Waals surface area contributed by atoms with Gasteiger partial charge in [-0.1, -0.05) is 12.8 Å². The molecule has 3 N–H and O–H groups in total. The highest BCUT2D eigenvalue weighted by Gasteiger charge is 2.30. The first kappa shape index (κ1) is 17.3. The zero-order valence-corrected chi connectivity index (χ0v) is 14.1. The van der Waals surface area contributed by atoms with Gasteiger partial charge in [0.15, 0.2) is 0 Å². The van der Waals surface area contributed by atoms with Crippen molar-refractivity contribution in [3.05, 3.63) is 23.8 Å². The van der Waals surface area contributed by atoms with Gasteiger partial charge in [-0.2, -0.15) is 0 Å². The monoisotopic (exact) mass is 345 g/mol. The SMILES string of the molecule is NC(=O)c1cnc(C(=O)NC2CCN(C(=O)C3CCCC3)CC2)cn1. The van der Waals surface area contributed by atoms with Crippen LogP contribution in [0.4, 0.5) is 0 Å². The molecule has 0 unspecified atom stereocenters. The predicted molar refractivity (Wildman–Crippen MR) is 89.6 cm³/mol. The molecule has 1 saturated heterocycles. The summed E-state index contributed by atoms with van der Waals surface area (Å²) in [4.78, 5) is 45.3. The van der Waals surface area contributed by atoms with Crippen LogP contribution < -0.4 is 11.1 Å². The molecule has 8 heteroatoms. The lowest BCUT2D eigenvalue weighted by Gasteiger charge is -2.33. The van der Waals surface area contributed by atoms with E-state index in [1.165, 1.54) is 12.4 Å². The van der Waals surface area contributed by atoms with Crippen LogP contribution in [-0.4, -0.2) is 51.7 Å². The molecule has 1 aromatic rings. The zero-order valence-electron chi connectivity index (χ0n) is 14.1. The maximum Gasteiger partial charge on any atom is 0.271 e. The van der Waals surface area contributed by atoms with E-state index in [0.29, 0.717) is 13.1 Å². The lowest BCUT2D eigenvalue weighted by molar-refractivity contribution is -0.136. The van der Waals surface area contributed by atoms with Crippen LogP contribution in [0.2, 0.25) is 0 Å². The fraction of sp³-hybridized carbons (Fsp3) is 0.588. The molecule has 1 saturated carbocycles. The Hall–Kier alpha value is -2.51. The van der Waals surface area contributed by atoms with Gasteiger partial charge in [0.2, 0.25) is 5.91 Å². The van der Waals surface area contributed by atoms with Gasteiger partial charge >= 0.3 is 0 Å². The third kappa shape index (κ3) is 4.12. The number of hydrogen-bond acceptors (Lipinski definition) is 5. The second-order valence-corrected chi connectivity index (χ2v) is 6.71. The molecule has 0 atom stereocenters. The van der Waals surface area contributed by atoms with E-state index < -0.39 is 5.91 Å². The average Bonchev–Trinajstić information content (AvgIpc) is 3.16. The average molecular weight is 345 g/mol. The van der Waals surface area contributed by atoms with Crippen molar-refractivity contribution in [2.75, 3.05) is 13.1 Å². The van der Waals surface area contributed by atoms with Gasteiger partial charge in [0, 0.05) is 25.0 Å². The Morgan fingerprint density at radius 2 is 1.60 bits per heavy atom. The Morgan fingerprint density at radius 1 is 1.00 bits per heavy atom. The Bertz CT molecular complexity index is 647. The number of piperidine rings is 1. The number of carbonyl (C=O) groups excluding carboxylic acids is 3. The van der Waals surface area contributed by atoms with Crippen molar-refractivity contribution in [3.63, 3.8) is 0 Å². The summed E-state index contributed by atoms with van der Waals surface area (Å²) in [6.45, 7) is 1.35. The molecule has 2 heterocycles. The number of nitrogens with zero attached hydrogens (tertiary/aromatic N) is 3. The topological polar surface area (TPSA) is 118 Å².